The van der Waals surface area contributed by atoms with E-state index in [0.717, 1.165) is 69.6 Å². The fourth-order valence-electron chi connectivity index (χ4n) is 6.90. The van der Waals surface area contributed by atoms with Crippen molar-refractivity contribution in [3.63, 3.8) is 0 Å². The Balaban J connectivity index is 4.30. The lowest BCUT2D eigenvalue weighted by molar-refractivity contribution is -0.167. The van der Waals surface area contributed by atoms with E-state index in [-0.39, 0.29) is 31.1 Å². The summed E-state index contributed by atoms with van der Waals surface area (Å²) in [4.78, 5) is 37.7. The average molecular weight is 751 g/mol. The van der Waals surface area contributed by atoms with E-state index < -0.39 is 6.10 Å². The van der Waals surface area contributed by atoms with Crippen LogP contribution in [-0.4, -0.2) is 37.2 Å². The molecule has 0 aromatic heterocycles. The van der Waals surface area contributed by atoms with Crippen LogP contribution in [0.15, 0.2) is 0 Å². The first-order valence-electron chi connectivity index (χ1n) is 23.3. The van der Waals surface area contributed by atoms with Gasteiger partial charge in [-0.2, -0.15) is 0 Å². The van der Waals surface area contributed by atoms with Crippen LogP contribution in [0.1, 0.15) is 253 Å². The molecule has 0 aliphatic carbocycles. The SMILES string of the molecule is CCCCCCCCCCCCC(=O)OC[C@@H](COC(=O)CCCCCCCCCCCCCCC(C)C)OC(=O)CCCCCCCCC(C)CC. The first-order valence-corrected chi connectivity index (χ1v) is 23.3. The quantitative estimate of drug-likeness (QED) is 0.0352. The largest absolute Gasteiger partial charge is 0.462 e. The van der Waals surface area contributed by atoms with E-state index in [1.807, 2.05) is 0 Å². The Kier molecular flexibility index (Phi) is 38.9. The molecular formula is C47H90O6. The molecule has 0 saturated heterocycles. The number of carbonyl (C=O) groups is 3. The molecule has 1 unspecified atom stereocenters. The molecule has 0 bridgehead atoms. The zero-order valence-corrected chi connectivity index (χ0v) is 36.1. The Morgan fingerprint density at radius 3 is 1.08 bits per heavy atom. The van der Waals surface area contributed by atoms with Gasteiger partial charge in [-0.3, -0.25) is 14.4 Å². The van der Waals surface area contributed by atoms with Crippen molar-refractivity contribution in [2.24, 2.45) is 11.8 Å². The second-order valence-corrected chi connectivity index (χ2v) is 16.8. The summed E-state index contributed by atoms with van der Waals surface area (Å²) >= 11 is 0. The Labute approximate surface area is 329 Å². The van der Waals surface area contributed by atoms with E-state index in [0.29, 0.717) is 19.3 Å². The Hall–Kier alpha value is -1.59. The molecule has 2 atom stereocenters. The summed E-state index contributed by atoms with van der Waals surface area (Å²) in [6.45, 7) is 11.3. The number of carbonyl (C=O) groups excluding carboxylic acids is 3. The van der Waals surface area contributed by atoms with E-state index in [1.165, 1.54) is 141 Å². The molecule has 0 spiro atoms. The molecule has 0 amide bonds. The molecule has 0 aromatic carbocycles. The van der Waals surface area contributed by atoms with E-state index >= 15 is 0 Å². The minimum Gasteiger partial charge on any atom is -0.462 e. The number of esters is 3. The van der Waals surface area contributed by atoms with Crippen LogP contribution in [0.2, 0.25) is 0 Å². The second kappa shape index (κ2) is 40.1. The van der Waals surface area contributed by atoms with Crippen molar-refractivity contribution >= 4 is 17.9 Å². The number of ether oxygens (including phenoxy) is 3. The van der Waals surface area contributed by atoms with Gasteiger partial charge in [-0.1, -0.05) is 214 Å². The molecule has 0 rings (SSSR count). The van der Waals surface area contributed by atoms with Gasteiger partial charge >= 0.3 is 17.9 Å². The summed E-state index contributed by atoms with van der Waals surface area (Å²) < 4.78 is 16.7. The Morgan fingerprint density at radius 1 is 0.396 bits per heavy atom. The van der Waals surface area contributed by atoms with Crippen molar-refractivity contribution in [2.75, 3.05) is 13.2 Å². The van der Waals surface area contributed by atoms with Crippen LogP contribution in [0, 0.1) is 11.8 Å². The van der Waals surface area contributed by atoms with Gasteiger partial charge in [-0.25, -0.2) is 0 Å². The van der Waals surface area contributed by atoms with Crippen molar-refractivity contribution in [2.45, 2.75) is 259 Å². The molecule has 0 radical (unpaired) electrons. The van der Waals surface area contributed by atoms with E-state index in [9.17, 15) is 14.4 Å². The zero-order chi connectivity index (χ0) is 39.0. The molecule has 314 valence electrons. The van der Waals surface area contributed by atoms with Gasteiger partial charge in [-0.15, -0.1) is 0 Å². The summed E-state index contributed by atoms with van der Waals surface area (Å²) in [6.07, 6.45) is 38.0. The molecule has 0 N–H and O–H groups in total. The summed E-state index contributed by atoms with van der Waals surface area (Å²) in [5, 5.41) is 0. The van der Waals surface area contributed by atoms with Crippen LogP contribution in [0.4, 0.5) is 0 Å². The van der Waals surface area contributed by atoms with Crippen LogP contribution >= 0.6 is 0 Å². The smallest absolute Gasteiger partial charge is 0.306 e. The number of hydrogen-bond acceptors (Lipinski definition) is 6. The molecule has 0 fully saturated rings. The third kappa shape index (κ3) is 39.9. The van der Waals surface area contributed by atoms with Gasteiger partial charge in [0.15, 0.2) is 6.10 Å². The van der Waals surface area contributed by atoms with Gasteiger partial charge < -0.3 is 14.2 Å². The van der Waals surface area contributed by atoms with Crippen molar-refractivity contribution in [1.82, 2.24) is 0 Å². The van der Waals surface area contributed by atoms with Crippen molar-refractivity contribution < 1.29 is 28.6 Å². The normalized spacial score (nSPS) is 12.6. The second-order valence-electron chi connectivity index (χ2n) is 16.8. The van der Waals surface area contributed by atoms with E-state index in [2.05, 4.69) is 34.6 Å². The lowest BCUT2D eigenvalue weighted by Gasteiger charge is -2.18. The van der Waals surface area contributed by atoms with Crippen LogP contribution < -0.4 is 0 Å². The summed E-state index contributed by atoms with van der Waals surface area (Å²) in [7, 11) is 0. The van der Waals surface area contributed by atoms with Crippen LogP contribution in [0.3, 0.4) is 0 Å². The molecule has 0 heterocycles. The maximum atomic E-state index is 12.7. The molecule has 0 aliphatic heterocycles. The minimum atomic E-state index is -0.760. The summed E-state index contributed by atoms with van der Waals surface area (Å²) in [5.41, 5.74) is 0. The van der Waals surface area contributed by atoms with Crippen LogP contribution in [0.25, 0.3) is 0 Å². The zero-order valence-electron chi connectivity index (χ0n) is 36.1. The highest BCUT2D eigenvalue weighted by Gasteiger charge is 2.19. The van der Waals surface area contributed by atoms with Gasteiger partial charge in [-0.05, 0) is 31.1 Å². The third-order valence-electron chi connectivity index (χ3n) is 10.8. The maximum absolute atomic E-state index is 12.7. The van der Waals surface area contributed by atoms with Gasteiger partial charge in [0.2, 0.25) is 0 Å². The standard InChI is InChI=1S/C47H90O6/c1-6-8-9-10-11-12-18-21-27-32-37-45(48)51-40-44(53-47(50)39-34-29-24-23-26-31-36-43(5)7-2)41-52-46(49)38-33-28-22-19-16-14-13-15-17-20-25-30-35-42(3)4/h42-44H,6-41H2,1-5H3/t43?,44-/m0/s1. The van der Waals surface area contributed by atoms with E-state index in [4.69, 9.17) is 14.2 Å². The molecular weight excluding hydrogens is 661 g/mol. The lowest BCUT2D eigenvalue weighted by Crippen LogP contribution is -2.30. The van der Waals surface area contributed by atoms with Crippen molar-refractivity contribution in [3.8, 4) is 0 Å². The fraction of sp³-hybridized carbons (Fsp3) is 0.936. The predicted molar refractivity (Wildman–Crippen MR) is 224 cm³/mol. The maximum Gasteiger partial charge on any atom is 0.306 e. The molecule has 53 heavy (non-hydrogen) atoms. The predicted octanol–water partition coefficient (Wildman–Crippen LogP) is 14.6. The first-order chi connectivity index (χ1) is 25.8. The lowest BCUT2D eigenvalue weighted by atomic mass is 10.00. The molecule has 6 nitrogen and oxygen atoms in total. The summed E-state index contributed by atoms with van der Waals surface area (Å²) in [6, 6.07) is 0. The topological polar surface area (TPSA) is 78.9 Å². The first kappa shape index (κ1) is 51.4. The van der Waals surface area contributed by atoms with Gasteiger partial charge in [0, 0.05) is 19.3 Å². The highest BCUT2D eigenvalue weighted by atomic mass is 16.6. The number of hydrogen-bond donors (Lipinski definition) is 0. The Bertz CT molecular complexity index is 811. The monoisotopic (exact) mass is 751 g/mol. The van der Waals surface area contributed by atoms with E-state index in [1.54, 1.807) is 0 Å². The molecule has 6 heteroatoms. The highest BCUT2D eigenvalue weighted by molar-refractivity contribution is 5.71. The Morgan fingerprint density at radius 2 is 0.717 bits per heavy atom. The molecule has 0 saturated carbocycles. The van der Waals surface area contributed by atoms with Gasteiger partial charge in [0.25, 0.3) is 0 Å². The summed E-state index contributed by atoms with van der Waals surface area (Å²) in [5.74, 6) is 0.784. The van der Waals surface area contributed by atoms with Crippen molar-refractivity contribution in [1.29, 1.82) is 0 Å². The van der Waals surface area contributed by atoms with Crippen LogP contribution in [-0.2, 0) is 28.6 Å². The van der Waals surface area contributed by atoms with Crippen LogP contribution in [0.5, 0.6) is 0 Å². The third-order valence-corrected chi connectivity index (χ3v) is 10.8. The molecule has 0 aromatic rings. The number of unbranched alkanes of at least 4 members (excludes halogenated alkanes) is 25. The van der Waals surface area contributed by atoms with Gasteiger partial charge in [0.05, 0.1) is 0 Å². The van der Waals surface area contributed by atoms with Crippen molar-refractivity contribution in [3.05, 3.63) is 0 Å². The number of rotatable bonds is 41. The molecule has 0 aliphatic rings. The fourth-order valence-corrected chi connectivity index (χ4v) is 6.90. The average Bonchev–Trinajstić information content (AvgIpc) is 3.14. The van der Waals surface area contributed by atoms with Gasteiger partial charge in [0.1, 0.15) is 13.2 Å². The highest BCUT2D eigenvalue weighted by Crippen LogP contribution is 2.17. The minimum absolute atomic E-state index is 0.0655.